The van der Waals surface area contributed by atoms with Crippen molar-refractivity contribution in [3.8, 4) is 0 Å². The number of hydrogen-bond acceptors (Lipinski definition) is 2. The highest BCUT2D eigenvalue weighted by molar-refractivity contribution is 7.13. The summed E-state index contributed by atoms with van der Waals surface area (Å²) in [4.78, 5) is 2.80. The minimum atomic E-state index is 0.148. The van der Waals surface area contributed by atoms with Gasteiger partial charge < -0.3 is 5.73 Å². The number of hydrogen-bond donors (Lipinski definition) is 1. The van der Waals surface area contributed by atoms with Crippen molar-refractivity contribution in [1.29, 1.82) is 0 Å². The van der Waals surface area contributed by atoms with Crippen LogP contribution in [0.15, 0.2) is 83.1 Å². The summed E-state index contributed by atoms with van der Waals surface area (Å²) in [5.74, 6) is 1.41. The van der Waals surface area contributed by atoms with Crippen molar-refractivity contribution in [2.45, 2.75) is 196 Å². The van der Waals surface area contributed by atoms with Gasteiger partial charge in [-0.25, -0.2) is 0 Å². The summed E-state index contributed by atoms with van der Waals surface area (Å²) in [6.07, 6.45) is 35.7. The van der Waals surface area contributed by atoms with Crippen LogP contribution >= 0.6 is 11.3 Å². The highest BCUT2D eigenvalue weighted by Crippen LogP contribution is 2.58. The molecule has 2 unspecified atom stereocenters. The van der Waals surface area contributed by atoms with E-state index in [9.17, 15) is 0 Å². The van der Waals surface area contributed by atoms with Crippen LogP contribution in [0.4, 0.5) is 0 Å². The van der Waals surface area contributed by atoms with Gasteiger partial charge in [-0.1, -0.05) is 193 Å². The van der Waals surface area contributed by atoms with E-state index in [4.69, 9.17) is 5.73 Å². The van der Waals surface area contributed by atoms with Gasteiger partial charge >= 0.3 is 0 Å². The molecule has 3 aliphatic rings. The Balaban J connectivity index is 1.48. The maximum Gasteiger partial charge on any atom is 0.0345 e. The van der Waals surface area contributed by atoms with Crippen molar-refractivity contribution in [2.75, 3.05) is 0 Å². The van der Waals surface area contributed by atoms with Crippen LogP contribution < -0.4 is 5.73 Å². The van der Waals surface area contributed by atoms with Gasteiger partial charge in [0.25, 0.3) is 0 Å². The molecule has 3 aliphatic carbocycles. The molecular formula is C55H81NS. The summed E-state index contributed by atoms with van der Waals surface area (Å²) < 4.78 is 0. The van der Waals surface area contributed by atoms with Gasteiger partial charge in [0.1, 0.15) is 0 Å². The Morgan fingerprint density at radius 3 is 2.11 bits per heavy atom. The molecule has 0 saturated carbocycles. The summed E-state index contributed by atoms with van der Waals surface area (Å²) in [6.45, 7) is 23.5. The van der Waals surface area contributed by atoms with Crippen molar-refractivity contribution in [3.05, 3.63) is 110 Å². The molecule has 0 aliphatic heterocycles. The third kappa shape index (κ3) is 10.9. The lowest BCUT2D eigenvalue weighted by atomic mass is 9.64. The first-order valence-corrected chi connectivity index (χ1v) is 24.4. The van der Waals surface area contributed by atoms with Crippen LogP contribution in [0.2, 0.25) is 0 Å². The van der Waals surface area contributed by atoms with Crippen LogP contribution in [0.25, 0.3) is 16.7 Å². The second kappa shape index (κ2) is 20.9. The molecule has 2 atom stereocenters. The Kier molecular flexibility index (Phi) is 16.6. The molecule has 2 aromatic rings. The highest BCUT2D eigenvalue weighted by Gasteiger charge is 2.46. The van der Waals surface area contributed by atoms with Gasteiger partial charge in [-0.2, -0.15) is 0 Å². The molecule has 0 spiro atoms. The van der Waals surface area contributed by atoms with Crippen molar-refractivity contribution in [2.24, 2.45) is 23.0 Å². The van der Waals surface area contributed by atoms with E-state index in [1.807, 2.05) is 11.3 Å². The number of allylic oxidation sites excluding steroid dienone is 11. The van der Waals surface area contributed by atoms with Gasteiger partial charge in [-0.3, -0.25) is 0 Å². The van der Waals surface area contributed by atoms with Crippen molar-refractivity contribution in [1.82, 2.24) is 0 Å². The van der Waals surface area contributed by atoms with Crippen molar-refractivity contribution >= 4 is 28.1 Å². The number of thiophene rings is 1. The lowest BCUT2D eigenvalue weighted by molar-refractivity contribution is 0.273. The molecule has 57 heavy (non-hydrogen) atoms. The van der Waals surface area contributed by atoms with Crippen LogP contribution in [0.5, 0.6) is 0 Å². The monoisotopic (exact) mass is 788 g/mol. The second-order valence-electron chi connectivity index (χ2n) is 19.5. The van der Waals surface area contributed by atoms with Gasteiger partial charge in [0.05, 0.1) is 0 Å². The fourth-order valence-corrected chi connectivity index (χ4v) is 11.2. The van der Waals surface area contributed by atoms with Gasteiger partial charge in [0, 0.05) is 26.8 Å². The van der Waals surface area contributed by atoms with E-state index in [-0.39, 0.29) is 16.7 Å². The lowest BCUT2D eigenvalue weighted by Gasteiger charge is -2.39. The Morgan fingerprint density at radius 2 is 1.51 bits per heavy atom. The van der Waals surface area contributed by atoms with E-state index in [0.717, 1.165) is 25.0 Å². The maximum absolute atomic E-state index is 7.07. The lowest BCUT2D eigenvalue weighted by Crippen LogP contribution is -2.31. The summed E-state index contributed by atoms with van der Waals surface area (Å²) >= 11 is 1.93. The van der Waals surface area contributed by atoms with Gasteiger partial charge in [-0.15, -0.1) is 11.3 Å². The fourth-order valence-electron chi connectivity index (χ4n) is 10.1. The van der Waals surface area contributed by atoms with E-state index < -0.39 is 0 Å². The predicted molar refractivity (Wildman–Crippen MR) is 256 cm³/mol. The van der Waals surface area contributed by atoms with Gasteiger partial charge in [0.2, 0.25) is 0 Å². The Morgan fingerprint density at radius 1 is 0.860 bits per heavy atom. The summed E-state index contributed by atoms with van der Waals surface area (Å²) in [6, 6.07) is 12.2. The fraction of sp³-hybridized carbons (Fsp3) is 0.600. The predicted octanol–water partition coefficient (Wildman–Crippen LogP) is 17.5. The molecule has 2 heteroatoms. The molecule has 1 aromatic heterocycles. The standard InChI is InChI=1S/C55H81NS/c1-11-14-16-18-20-22-35-55(36-23-21-19-17-15-12-2)49-37-43(27-29-47(49)48-30-28-44(38-50(48)55)54(8,9)10)40(6)25-26-42(24-13-3)46-32-31-45(41(7)53(46)56)52-34-33-51(57-52)39(4)5/h25-31,33-34,37,39,44,46H,11-24,32,35-36,38,56H2,1-10H3/b40-25+,42-26+. The first kappa shape index (κ1) is 45.2. The molecule has 5 rings (SSSR count). The summed E-state index contributed by atoms with van der Waals surface area (Å²) in [7, 11) is 0. The number of unbranched alkanes of at least 4 members (excludes halogenated alkanes) is 10. The summed E-state index contributed by atoms with van der Waals surface area (Å²) in [5, 5.41) is 0. The molecule has 0 bridgehead atoms. The van der Waals surface area contributed by atoms with Crippen LogP contribution in [0.1, 0.15) is 217 Å². The molecule has 1 aromatic carbocycles. The number of rotatable bonds is 21. The highest BCUT2D eigenvalue weighted by atomic mass is 32.1. The molecule has 2 N–H and O–H groups in total. The van der Waals surface area contributed by atoms with E-state index >= 15 is 0 Å². The number of fused-ring (bicyclic) bond motifs is 2. The van der Waals surface area contributed by atoms with Crippen molar-refractivity contribution in [3.63, 3.8) is 0 Å². The van der Waals surface area contributed by atoms with Crippen LogP contribution in [0.3, 0.4) is 0 Å². The molecule has 0 amide bonds. The molecule has 1 heterocycles. The third-order valence-electron chi connectivity index (χ3n) is 13.9. The van der Waals surface area contributed by atoms with E-state index in [1.54, 1.807) is 16.7 Å². The molecule has 312 valence electrons. The zero-order valence-corrected chi connectivity index (χ0v) is 39.0. The number of benzene rings is 1. The first-order valence-electron chi connectivity index (χ1n) is 23.6. The normalized spacial score (nSPS) is 19.8. The number of nitrogens with two attached hydrogens (primary N) is 1. The van der Waals surface area contributed by atoms with Gasteiger partial charge in [-0.05, 0) is 120 Å². The largest absolute Gasteiger partial charge is 0.401 e. The molecule has 1 nitrogen and oxygen atoms in total. The zero-order valence-electron chi connectivity index (χ0n) is 38.2. The van der Waals surface area contributed by atoms with Crippen LogP contribution in [-0.2, 0) is 5.41 Å². The average Bonchev–Trinajstić information content (AvgIpc) is 3.79. The van der Waals surface area contributed by atoms with Crippen molar-refractivity contribution < 1.29 is 0 Å². The zero-order chi connectivity index (χ0) is 41.2. The first-order chi connectivity index (χ1) is 27.4. The molecule has 0 fully saturated rings. The Labute approximate surface area is 355 Å². The van der Waals surface area contributed by atoms with Crippen LogP contribution in [0, 0.1) is 17.3 Å². The van der Waals surface area contributed by atoms with E-state index in [1.165, 1.54) is 139 Å². The second-order valence-corrected chi connectivity index (χ2v) is 20.6. The average molecular weight is 788 g/mol. The quantitative estimate of drug-likeness (QED) is 0.0990. The molecule has 0 saturated heterocycles. The SMILES string of the molecule is CCCCCCCCC1(CCCCCCCC)C2=C(C=CC(C(C)(C)C)C2)c2ccc(/C(C)=C/C=C(\CCC)C3CC=C(c4ccc(C(C)C)s4)C(C)=C3N)cc21. The third-order valence-corrected chi connectivity index (χ3v) is 15.3. The van der Waals surface area contributed by atoms with Gasteiger partial charge in [0.15, 0.2) is 0 Å². The molecule has 0 radical (unpaired) electrons. The minimum absolute atomic E-state index is 0.148. The summed E-state index contributed by atoms with van der Waals surface area (Å²) in [5.41, 5.74) is 21.8. The maximum atomic E-state index is 7.07. The Hall–Kier alpha value is -2.84. The van der Waals surface area contributed by atoms with E-state index in [2.05, 4.69) is 130 Å². The Bertz CT molecular complexity index is 1810. The van der Waals surface area contributed by atoms with E-state index in [0.29, 0.717) is 11.8 Å². The topological polar surface area (TPSA) is 26.0 Å². The smallest absolute Gasteiger partial charge is 0.0345 e. The minimum Gasteiger partial charge on any atom is -0.401 e. The van der Waals surface area contributed by atoms with Crippen LogP contribution in [-0.4, -0.2) is 0 Å². The molecular weight excluding hydrogens is 707 g/mol.